The molecule has 0 saturated carbocycles. The van der Waals surface area contributed by atoms with Gasteiger partial charge in [-0.2, -0.15) is 0 Å². The molecule has 3 N–H and O–H groups in total. The van der Waals surface area contributed by atoms with E-state index < -0.39 is 17.5 Å². The van der Waals surface area contributed by atoms with Crippen LogP contribution in [0, 0.1) is 11.6 Å². The number of rotatable bonds is 3. The first-order chi connectivity index (χ1) is 9.88. The summed E-state index contributed by atoms with van der Waals surface area (Å²) < 4.78 is 27.4. The molecule has 0 aliphatic carbocycles. The number of carbonyl (C=O) groups is 1. The Morgan fingerprint density at radius 2 is 1.95 bits per heavy atom. The van der Waals surface area contributed by atoms with Crippen molar-refractivity contribution < 1.29 is 13.6 Å². The van der Waals surface area contributed by atoms with Crippen LogP contribution in [0.3, 0.4) is 0 Å². The van der Waals surface area contributed by atoms with Crippen LogP contribution < -0.4 is 11.1 Å². The first kappa shape index (κ1) is 15.5. The van der Waals surface area contributed by atoms with Crippen molar-refractivity contribution in [2.24, 2.45) is 5.73 Å². The van der Waals surface area contributed by atoms with Crippen LogP contribution >= 0.6 is 28.1 Å². The van der Waals surface area contributed by atoms with Crippen LogP contribution in [0.25, 0.3) is 0 Å². The molecule has 2 rings (SSSR count). The first-order valence-corrected chi connectivity index (χ1v) is 6.94. The van der Waals surface area contributed by atoms with Crippen LogP contribution in [0.1, 0.15) is 15.9 Å². The molecule has 7 heteroatoms. The number of nitrogens with one attached hydrogen (secondary N) is 1. The van der Waals surface area contributed by atoms with Crippen molar-refractivity contribution in [3.8, 4) is 0 Å². The lowest BCUT2D eigenvalue weighted by Gasteiger charge is -2.11. The van der Waals surface area contributed by atoms with Crippen LogP contribution in [0.5, 0.6) is 0 Å². The van der Waals surface area contributed by atoms with Crippen molar-refractivity contribution in [3.05, 3.63) is 63.6 Å². The van der Waals surface area contributed by atoms with Crippen molar-refractivity contribution in [1.29, 1.82) is 0 Å². The molecule has 0 fully saturated rings. The van der Waals surface area contributed by atoms with Gasteiger partial charge in [-0.3, -0.25) is 4.79 Å². The van der Waals surface area contributed by atoms with Gasteiger partial charge < -0.3 is 11.1 Å². The largest absolute Gasteiger partial charge is 0.389 e. The normalized spacial score (nSPS) is 10.2. The number of halogens is 3. The zero-order valence-corrected chi connectivity index (χ0v) is 12.9. The van der Waals surface area contributed by atoms with E-state index in [0.29, 0.717) is 4.47 Å². The topological polar surface area (TPSA) is 55.1 Å². The van der Waals surface area contributed by atoms with Gasteiger partial charge in [-0.15, -0.1) is 0 Å². The van der Waals surface area contributed by atoms with Gasteiger partial charge in [0, 0.05) is 10.0 Å². The summed E-state index contributed by atoms with van der Waals surface area (Å²) in [6, 6.07) is 7.79. The molecular weight excluding hydrogens is 362 g/mol. The molecule has 2 aromatic carbocycles. The molecule has 0 bridgehead atoms. The number of thiocarbonyl (C=S) groups is 1. The Bertz CT molecular complexity index is 717. The molecule has 0 aliphatic rings. The van der Waals surface area contributed by atoms with Gasteiger partial charge in [0.05, 0.1) is 11.3 Å². The third-order valence-corrected chi connectivity index (χ3v) is 3.29. The van der Waals surface area contributed by atoms with E-state index in [4.69, 9.17) is 18.0 Å². The summed E-state index contributed by atoms with van der Waals surface area (Å²) >= 11 is 7.86. The number of anilines is 1. The monoisotopic (exact) mass is 370 g/mol. The Labute approximate surface area is 133 Å². The quantitative estimate of drug-likeness (QED) is 0.811. The molecule has 2 aromatic rings. The zero-order chi connectivity index (χ0) is 15.6. The van der Waals surface area contributed by atoms with E-state index in [2.05, 4.69) is 21.2 Å². The lowest BCUT2D eigenvalue weighted by atomic mass is 10.1. The van der Waals surface area contributed by atoms with E-state index in [1.54, 1.807) is 0 Å². The Kier molecular flexibility index (Phi) is 4.64. The molecule has 0 heterocycles. The first-order valence-electron chi connectivity index (χ1n) is 5.74. The molecule has 3 nitrogen and oxygen atoms in total. The summed E-state index contributed by atoms with van der Waals surface area (Å²) in [5, 5.41) is 2.47. The number of nitrogens with two attached hydrogens (primary N) is 1. The van der Waals surface area contributed by atoms with Gasteiger partial charge in [0.1, 0.15) is 16.6 Å². The maximum atomic E-state index is 13.7. The van der Waals surface area contributed by atoms with Crippen molar-refractivity contribution >= 4 is 44.7 Å². The number of hydrogen-bond acceptors (Lipinski definition) is 2. The van der Waals surface area contributed by atoms with Crippen LogP contribution in [-0.2, 0) is 0 Å². The van der Waals surface area contributed by atoms with Crippen LogP contribution in [0.4, 0.5) is 14.5 Å². The highest BCUT2D eigenvalue weighted by Gasteiger charge is 2.15. The second-order valence-corrected chi connectivity index (χ2v) is 5.49. The summed E-state index contributed by atoms with van der Waals surface area (Å²) in [6.07, 6.45) is 0. The summed E-state index contributed by atoms with van der Waals surface area (Å²) in [5.74, 6) is -1.80. The summed E-state index contributed by atoms with van der Waals surface area (Å²) in [7, 11) is 0. The van der Waals surface area contributed by atoms with Crippen molar-refractivity contribution in [1.82, 2.24) is 0 Å². The highest BCUT2D eigenvalue weighted by atomic mass is 79.9. The Morgan fingerprint density at radius 3 is 2.57 bits per heavy atom. The summed E-state index contributed by atoms with van der Waals surface area (Å²) in [6.45, 7) is 0. The van der Waals surface area contributed by atoms with Gasteiger partial charge in [-0.1, -0.05) is 34.2 Å². The lowest BCUT2D eigenvalue weighted by Crippen LogP contribution is -2.19. The SMILES string of the molecule is NC(=S)c1c(F)cccc1NC(=O)c1cc(F)cc(Br)c1. The summed E-state index contributed by atoms with van der Waals surface area (Å²) in [5.41, 5.74) is 5.61. The highest BCUT2D eigenvalue weighted by Crippen LogP contribution is 2.21. The molecule has 0 spiro atoms. The van der Waals surface area contributed by atoms with E-state index in [1.165, 1.54) is 30.3 Å². The summed E-state index contributed by atoms with van der Waals surface area (Å²) in [4.78, 5) is 11.9. The van der Waals surface area contributed by atoms with E-state index in [9.17, 15) is 13.6 Å². The molecule has 0 saturated heterocycles. The minimum atomic E-state index is -0.638. The second kappa shape index (κ2) is 6.28. The highest BCUT2D eigenvalue weighted by molar-refractivity contribution is 9.10. The Morgan fingerprint density at radius 1 is 1.24 bits per heavy atom. The minimum Gasteiger partial charge on any atom is -0.389 e. The average Bonchev–Trinajstić information content (AvgIpc) is 2.37. The van der Waals surface area contributed by atoms with Crippen molar-refractivity contribution in [2.75, 3.05) is 5.32 Å². The number of amides is 1. The van der Waals surface area contributed by atoms with E-state index in [1.807, 2.05) is 0 Å². The fourth-order valence-electron chi connectivity index (χ4n) is 1.76. The van der Waals surface area contributed by atoms with Crippen molar-refractivity contribution in [3.63, 3.8) is 0 Å². The van der Waals surface area contributed by atoms with Gasteiger partial charge in [0.15, 0.2) is 0 Å². The third-order valence-electron chi connectivity index (χ3n) is 2.63. The smallest absolute Gasteiger partial charge is 0.255 e. The number of hydrogen-bond donors (Lipinski definition) is 2. The van der Waals surface area contributed by atoms with Gasteiger partial charge in [-0.05, 0) is 30.3 Å². The molecule has 1 amide bonds. The lowest BCUT2D eigenvalue weighted by molar-refractivity contribution is 0.102. The Balaban J connectivity index is 2.36. The van der Waals surface area contributed by atoms with Crippen LogP contribution in [-0.4, -0.2) is 10.9 Å². The Hall–Kier alpha value is -1.86. The van der Waals surface area contributed by atoms with Gasteiger partial charge in [0.2, 0.25) is 0 Å². The standard InChI is InChI=1S/C14H9BrF2N2OS/c15-8-4-7(5-9(16)6-8)14(20)19-11-3-1-2-10(17)12(11)13(18)21/h1-6H,(H2,18,21)(H,19,20). The van der Waals surface area contributed by atoms with E-state index in [0.717, 1.165) is 6.07 Å². The molecule has 108 valence electrons. The van der Waals surface area contributed by atoms with E-state index >= 15 is 0 Å². The van der Waals surface area contributed by atoms with Crippen LogP contribution in [0.15, 0.2) is 40.9 Å². The predicted molar refractivity (Wildman–Crippen MR) is 84.3 cm³/mol. The van der Waals surface area contributed by atoms with Gasteiger partial charge in [-0.25, -0.2) is 8.78 Å². The van der Waals surface area contributed by atoms with Gasteiger partial charge >= 0.3 is 0 Å². The zero-order valence-electron chi connectivity index (χ0n) is 10.5. The molecule has 0 atom stereocenters. The second-order valence-electron chi connectivity index (χ2n) is 4.14. The molecule has 0 aliphatic heterocycles. The number of carbonyl (C=O) groups excluding carboxylic acids is 1. The molecule has 21 heavy (non-hydrogen) atoms. The third kappa shape index (κ3) is 3.62. The molecule has 0 unspecified atom stereocenters. The molecule has 0 aromatic heterocycles. The van der Waals surface area contributed by atoms with Crippen LogP contribution in [0.2, 0.25) is 0 Å². The maximum absolute atomic E-state index is 13.7. The average molecular weight is 371 g/mol. The van der Waals surface area contributed by atoms with Gasteiger partial charge in [0.25, 0.3) is 5.91 Å². The fourth-order valence-corrected chi connectivity index (χ4v) is 2.43. The molecule has 0 radical (unpaired) electrons. The minimum absolute atomic E-state index is 0.0590. The molecular formula is C14H9BrF2N2OS. The van der Waals surface area contributed by atoms with E-state index in [-0.39, 0.29) is 21.8 Å². The predicted octanol–water partition coefficient (Wildman–Crippen LogP) is 3.61. The van der Waals surface area contributed by atoms with Crippen molar-refractivity contribution in [2.45, 2.75) is 0 Å². The fraction of sp³-hybridized carbons (Fsp3) is 0. The number of benzene rings is 2. The maximum Gasteiger partial charge on any atom is 0.255 e.